The summed E-state index contributed by atoms with van der Waals surface area (Å²) in [6, 6.07) is 18.3. The number of nitrogens with one attached hydrogen (secondary N) is 2. The minimum absolute atomic E-state index is 0.220. The fraction of sp³-hybridized carbons (Fsp3) is 0.250. The monoisotopic (exact) mass is 431 g/mol. The summed E-state index contributed by atoms with van der Waals surface area (Å²) in [4.78, 5) is 34.6. The van der Waals surface area contributed by atoms with Crippen molar-refractivity contribution in [3.05, 3.63) is 78.9 Å². The Morgan fingerprint density at radius 1 is 1.00 bits per heavy atom. The Hall–Kier alpha value is -3.94. The number of hydrogen-bond acceptors (Lipinski definition) is 6. The number of carbonyl (C=O) groups excluding carboxylic acids is 2. The second-order valence-corrected chi connectivity index (χ2v) is 7.60. The van der Waals surface area contributed by atoms with Gasteiger partial charge in [0.05, 0.1) is 12.4 Å². The molecule has 1 aliphatic rings. The van der Waals surface area contributed by atoms with E-state index in [4.69, 9.17) is 4.74 Å². The molecule has 32 heavy (non-hydrogen) atoms. The Bertz CT molecular complexity index is 1050. The number of carbonyl (C=O) groups is 2. The van der Waals surface area contributed by atoms with E-state index in [-0.39, 0.29) is 11.7 Å². The summed E-state index contributed by atoms with van der Waals surface area (Å²) in [6.07, 6.45) is 4.55. The number of aromatic nitrogens is 2. The van der Waals surface area contributed by atoms with Gasteiger partial charge in [0, 0.05) is 24.5 Å². The predicted molar refractivity (Wildman–Crippen MR) is 121 cm³/mol. The summed E-state index contributed by atoms with van der Waals surface area (Å²) in [5, 5.41) is 5.58. The van der Waals surface area contributed by atoms with E-state index < -0.39 is 11.6 Å². The molecule has 1 saturated carbocycles. The molecule has 164 valence electrons. The molecule has 0 bridgehead atoms. The molecule has 0 unspecified atom stereocenters. The van der Waals surface area contributed by atoms with Gasteiger partial charge in [0.1, 0.15) is 11.9 Å². The highest BCUT2D eigenvalue weighted by atomic mass is 16.6. The third kappa shape index (κ3) is 5.03. The van der Waals surface area contributed by atoms with Crippen LogP contribution < -0.4 is 20.3 Å². The van der Waals surface area contributed by atoms with Crippen LogP contribution in [0.2, 0.25) is 0 Å². The van der Waals surface area contributed by atoms with Crippen molar-refractivity contribution in [1.82, 2.24) is 20.6 Å². The maximum atomic E-state index is 12.7. The van der Waals surface area contributed by atoms with Gasteiger partial charge in [0.25, 0.3) is 0 Å². The van der Waals surface area contributed by atoms with Gasteiger partial charge in [0.15, 0.2) is 5.75 Å². The van der Waals surface area contributed by atoms with Crippen molar-refractivity contribution in [2.75, 3.05) is 11.4 Å². The fourth-order valence-corrected chi connectivity index (χ4v) is 3.47. The summed E-state index contributed by atoms with van der Waals surface area (Å²) in [5.74, 6) is 0.000215. The van der Waals surface area contributed by atoms with Gasteiger partial charge in [-0.15, -0.1) is 0 Å². The van der Waals surface area contributed by atoms with Gasteiger partial charge in [-0.25, -0.2) is 14.8 Å². The number of amides is 2. The molecule has 1 heterocycles. The molecule has 0 atom stereocenters. The minimum Gasteiger partial charge on any atom is -0.407 e. The van der Waals surface area contributed by atoms with Crippen LogP contribution in [0, 0.1) is 0 Å². The Morgan fingerprint density at radius 2 is 1.66 bits per heavy atom. The van der Waals surface area contributed by atoms with Gasteiger partial charge in [-0.3, -0.25) is 4.79 Å². The smallest absolute Gasteiger partial charge is 0.407 e. The van der Waals surface area contributed by atoms with Gasteiger partial charge < -0.3 is 20.3 Å². The summed E-state index contributed by atoms with van der Waals surface area (Å²) >= 11 is 0. The molecule has 0 radical (unpaired) electrons. The first kappa shape index (κ1) is 21.3. The van der Waals surface area contributed by atoms with E-state index in [1.807, 2.05) is 42.5 Å². The highest BCUT2D eigenvalue weighted by Gasteiger charge is 2.51. The van der Waals surface area contributed by atoms with Gasteiger partial charge in [0.2, 0.25) is 5.91 Å². The summed E-state index contributed by atoms with van der Waals surface area (Å²) in [5.41, 5.74) is 2.28. The van der Waals surface area contributed by atoms with Crippen LogP contribution in [0.4, 0.5) is 16.2 Å². The van der Waals surface area contributed by atoms with E-state index in [0.29, 0.717) is 19.4 Å². The fourth-order valence-electron chi connectivity index (χ4n) is 3.47. The SMILES string of the molecule is CCN(c1ccccc1)c1ccc(CNC(=O)C2(NC(=O)Oc3cncnc3)CC2)cc1. The maximum absolute atomic E-state index is 12.7. The molecule has 1 fully saturated rings. The number of hydrogen-bond donors (Lipinski definition) is 2. The van der Waals surface area contributed by atoms with Gasteiger partial charge in [-0.1, -0.05) is 30.3 Å². The van der Waals surface area contributed by atoms with Crippen molar-refractivity contribution < 1.29 is 14.3 Å². The molecule has 2 amide bonds. The first-order valence-corrected chi connectivity index (χ1v) is 10.5. The van der Waals surface area contributed by atoms with E-state index in [0.717, 1.165) is 23.5 Å². The first-order valence-electron chi connectivity index (χ1n) is 10.5. The van der Waals surface area contributed by atoms with E-state index in [1.165, 1.54) is 18.7 Å². The van der Waals surface area contributed by atoms with Crippen LogP contribution >= 0.6 is 0 Å². The third-order valence-electron chi connectivity index (χ3n) is 5.36. The minimum atomic E-state index is -0.918. The molecule has 3 aromatic rings. The van der Waals surface area contributed by atoms with Crippen LogP contribution in [0.3, 0.4) is 0 Å². The Morgan fingerprint density at radius 3 is 2.28 bits per heavy atom. The van der Waals surface area contributed by atoms with Crippen LogP contribution in [-0.4, -0.2) is 34.1 Å². The lowest BCUT2D eigenvalue weighted by molar-refractivity contribution is -0.124. The number of ether oxygens (including phenoxy) is 1. The molecule has 0 saturated heterocycles. The predicted octanol–water partition coefficient (Wildman–Crippen LogP) is 3.57. The number of benzene rings is 2. The largest absolute Gasteiger partial charge is 0.413 e. The number of anilines is 2. The molecular weight excluding hydrogens is 406 g/mol. The van der Waals surface area contributed by atoms with E-state index >= 15 is 0 Å². The number of nitrogens with zero attached hydrogens (tertiary/aromatic N) is 3. The zero-order valence-electron chi connectivity index (χ0n) is 17.8. The van der Waals surface area contributed by atoms with Crippen LogP contribution in [0.5, 0.6) is 5.75 Å². The average molecular weight is 431 g/mol. The van der Waals surface area contributed by atoms with Gasteiger partial charge in [-0.05, 0) is 49.6 Å². The van der Waals surface area contributed by atoms with Crippen molar-refractivity contribution in [2.45, 2.75) is 31.8 Å². The quantitative estimate of drug-likeness (QED) is 0.566. The van der Waals surface area contributed by atoms with E-state index in [2.05, 4.69) is 44.6 Å². The number of para-hydroxylation sites is 1. The lowest BCUT2D eigenvalue weighted by atomic mass is 10.1. The van der Waals surface area contributed by atoms with E-state index in [1.54, 1.807) is 0 Å². The molecule has 2 N–H and O–H groups in total. The van der Waals surface area contributed by atoms with Crippen LogP contribution in [0.1, 0.15) is 25.3 Å². The highest BCUT2D eigenvalue weighted by Crippen LogP contribution is 2.36. The normalized spacial score (nSPS) is 13.7. The maximum Gasteiger partial charge on any atom is 0.413 e. The third-order valence-corrected chi connectivity index (χ3v) is 5.36. The topological polar surface area (TPSA) is 96.5 Å². The molecule has 8 heteroatoms. The zero-order valence-corrected chi connectivity index (χ0v) is 17.8. The second-order valence-electron chi connectivity index (χ2n) is 7.60. The highest BCUT2D eigenvalue weighted by molar-refractivity contribution is 5.93. The molecular formula is C24H25N5O3. The van der Waals surface area contributed by atoms with Crippen LogP contribution in [-0.2, 0) is 11.3 Å². The Balaban J connectivity index is 1.31. The van der Waals surface area contributed by atoms with Crippen LogP contribution in [0.25, 0.3) is 0 Å². The molecule has 0 aliphatic heterocycles. The van der Waals surface area contributed by atoms with E-state index in [9.17, 15) is 9.59 Å². The molecule has 4 rings (SSSR count). The van der Waals surface area contributed by atoms with Crippen molar-refractivity contribution >= 4 is 23.4 Å². The molecule has 1 aromatic heterocycles. The standard InChI is InChI=1S/C24H25N5O3/c1-2-29(19-6-4-3-5-7-19)20-10-8-18(9-11-20)14-27-22(30)24(12-13-24)28-23(31)32-21-15-25-17-26-16-21/h3-11,15-17H,2,12-14H2,1H3,(H,27,30)(H,28,31). The molecule has 2 aromatic carbocycles. The molecule has 8 nitrogen and oxygen atoms in total. The molecule has 0 spiro atoms. The Kier molecular flexibility index (Phi) is 6.30. The summed E-state index contributed by atoms with van der Waals surface area (Å²) in [7, 11) is 0. The number of rotatable bonds is 8. The van der Waals surface area contributed by atoms with Crippen molar-refractivity contribution in [2.24, 2.45) is 0 Å². The molecule has 1 aliphatic carbocycles. The second kappa shape index (κ2) is 9.47. The zero-order chi connectivity index (χ0) is 22.4. The first-order chi connectivity index (χ1) is 15.6. The van der Waals surface area contributed by atoms with Crippen molar-refractivity contribution in [1.29, 1.82) is 0 Å². The average Bonchev–Trinajstić information content (AvgIpc) is 3.60. The lowest BCUT2D eigenvalue weighted by Gasteiger charge is -2.23. The summed E-state index contributed by atoms with van der Waals surface area (Å²) in [6.45, 7) is 3.33. The van der Waals surface area contributed by atoms with Gasteiger partial charge >= 0.3 is 6.09 Å². The van der Waals surface area contributed by atoms with Crippen molar-refractivity contribution in [3.8, 4) is 5.75 Å². The Labute approximate surface area is 186 Å². The van der Waals surface area contributed by atoms with Crippen molar-refractivity contribution in [3.63, 3.8) is 0 Å². The lowest BCUT2D eigenvalue weighted by Crippen LogP contribution is -2.49. The van der Waals surface area contributed by atoms with Crippen LogP contribution in [0.15, 0.2) is 73.3 Å². The van der Waals surface area contributed by atoms with Gasteiger partial charge in [-0.2, -0.15) is 0 Å². The summed E-state index contributed by atoms with van der Waals surface area (Å²) < 4.78 is 5.13.